The van der Waals surface area contributed by atoms with E-state index < -0.39 is 44.9 Å². The van der Waals surface area contributed by atoms with Gasteiger partial charge >= 0.3 is 0 Å². The molecule has 0 radical (unpaired) electrons. The molecule has 3 aromatic carbocycles. The minimum atomic E-state index is -3.95. The fourth-order valence-electron chi connectivity index (χ4n) is 6.18. The molecule has 3 rings (SSSR count). The molecule has 3 atom stereocenters. The Hall–Kier alpha value is -4.28. The number of hydrogen-bond donors (Lipinski definition) is 3. The van der Waals surface area contributed by atoms with Crippen LogP contribution < -0.4 is 15.4 Å². The fraction of sp³-hybridized carbons (Fsp3) is 0.439. The first-order valence-corrected chi connectivity index (χ1v) is 19.0. The van der Waals surface area contributed by atoms with Crippen molar-refractivity contribution in [2.75, 3.05) is 14.1 Å². The molecule has 3 amide bonds. The summed E-state index contributed by atoms with van der Waals surface area (Å²) in [5.41, 5.74) is 3.76. The highest BCUT2D eigenvalue weighted by Crippen LogP contribution is 2.31. The van der Waals surface area contributed by atoms with E-state index in [1.165, 1.54) is 17.4 Å². The number of nitrogens with one attached hydrogen (secondary N) is 3. The Morgan fingerprint density at radius 1 is 0.824 bits per heavy atom. The molecule has 0 unspecified atom stereocenters. The number of rotatable bonds is 14. The lowest BCUT2D eigenvalue weighted by molar-refractivity contribution is -0.140. The lowest BCUT2D eigenvalue weighted by Crippen LogP contribution is -2.61. The standard InChI is InChI=1S/C41H56N4O5S/c1-27(2)34(25-29(4)37(46)44-51(49,50)26-30-15-13-12-14-16-30)45(11)39(48)36(40(5,6)7)43-38(47)35(42-10)41(8,9)33-23-21-32(22-24-33)31-19-17-28(3)18-20-31/h12-25,27,34-36,42H,26H2,1-11H3,(H,43,47)(H,44,46)/b29-25+/t34-,35-,36-/m1/s1. The Labute approximate surface area is 305 Å². The van der Waals surface area contributed by atoms with Crippen molar-refractivity contribution in [3.8, 4) is 11.1 Å². The van der Waals surface area contributed by atoms with E-state index in [0.717, 1.165) is 16.7 Å². The number of carbonyl (C=O) groups excluding carboxylic acids is 3. The van der Waals surface area contributed by atoms with E-state index in [0.29, 0.717) is 5.56 Å². The molecule has 51 heavy (non-hydrogen) atoms. The van der Waals surface area contributed by atoms with Crippen molar-refractivity contribution >= 4 is 27.7 Å². The van der Waals surface area contributed by atoms with Crippen molar-refractivity contribution in [3.63, 3.8) is 0 Å². The van der Waals surface area contributed by atoms with Gasteiger partial charge in [0.05, 0.1) is 17.8 Å². The number of nitrogens with zero attached hydrogens (tertiary/aromatic N) is 1. The van der Waals surface area contributed by atoms with Crippen LogP contribution in [-0.4, -0.2) is 63.3 Å². The van der Waals surface area contributed by atoms with Crippen LogP contribution in [0.3, 0.4) is 0 Å². The third-order valence-corrected chi connectivity index (χ3v) is 10.6. The summed E-state index contributed by atoms with van der Waals surface area (Å²) in [5, 5.41) is 6.25. The molecular formula is C41H56N4O5S. The van der Waals surface area contributed by atoms with Gasteiger partial charge in [-0.15, -0.1) is 0 Å². The van der Waals surface area contributed by atoms with Crippen molar-refractivity contribution in [1.82, 2.24) is 20.3 Å². The SMILES string of the molecule is CN[C@H](C(=O)N[C@H](C(=O)N(C)[C@H](/C=C(\C)C(=O)NS(=O)(=O)Cc1ccccc1)C(C)C)C(C)(C)C)C(C)(C)c1ccc(-c2ccc(C)cc2)cc1. The average molecular weight is 717 g/mol. The molecule has 0 heterocycles. The van der Waals surface area contributed by atoms with Gasteiger partial charge in [0.15, 0.2) is 0 Å². The van der Waals surface area contributed by atoms with Gasteiger partial charge in [-0.3, -0.25) is 14.4 Å². The van der Waals surface area contributed by atoms with E-state index in [9.17, 15) is 22.8 Å². The second-order valence-electron chi connectivity index (χ2n) is 15.4. The quantitative estimate of drug-likeness (QED) is 0.173. The number of benzene rings is 3. The van der Waals surface area contributed by atoms with Crippen molar-refractivity contribution in [2.24, 2.45) is 11.3 Å². The summed E-state index contributed by atoms with van der Waals surface area (Å²) in [4.78, 5) is 42.9. The zero-order chi connectivity index (χ0) is 38.3. The third-order valence-electron chi connectivity index (χ3n) is 9.39. The summed E-state index contributed by atoms with van der Waals surface area (Å²) in [7, 11) is -0.576. The van der Waals surface area contributed by atoms with Gasteiger partial charge in [0.1, 0.15) is 6.04 Å². The van der Waals surface area contributed by atoms with Crippen LogP contribution in [0.2, 0.25) is 0 Å². The molecule has 10 heteroatoms. The Bertz CT molecular complexity index is 1790. The monoisotopic (exact) mass is 716 g/mol. The molecular weight excluding hydrogens is 661 g/mol. The largest absolute Gasteiger partial charge is 0.342 e. The maximum atomic E-state index is 14.2. The molecule has 0 fully saturated rings. The fourth-order valence-corrected chi connectivity index (χ4v) is 7.33. The smallest absolute Gasteiger partial charge is 0.260 e. The highest BCUT2D eigenvalue weighted by atomic mass is 32.2. The van der Waals surface area contributed by atoms with E-state index in [-0.39, 0.29) is 29.1 Å². The van der Waals surface area contributed by atoms with Crippen molar-refractivity contribution in [1.29, 1.82) is 0 Å². The van der Waals surface area contributed by atoms with Gasteiger partial charge in [0.25, 0.3) is 5.91 Å². The molecule has 0 aliphatic rings. The van der Waals surface area contributed by atoms with Crippen LogP contribution in [0.4, 0.5) is 0 Å². The topological polar surface area (TPSA) is 125 Å². The highest BCUT2D eigenvalue weighted by Gasteiger charge is 2.41. The predicted octanol–water partition coefficient (Wildman–Crippen LogP) is 6.13. The molecule has 0 aromatic heterocycles. The first kappa shape index (κ1) is 41.1. The first-order valence-electron chi connectivity index (χ1n) is 17.4. The van der Waals surface area contributed by atoms with Gasteiger partial charge in [-0.1, -0.05) is 139 Å². The summed E-state index contributed by atoms with van der Waals surface area (Å²) in [6.07, 6.45) is 1.61. The minimum Gasteiger partial charge on any atom is -0.342 e. The Morgan fingerprint density at radius 2 is 1.35 bits per heavy atom. The number of carbonyl (C=O) groups is 3. The molecule has 0 bridgehead atoms. The van der Waals surface area contributed by atoms with E-state index >= 15 is 0 Å². The van der Waals surface area contributed by atoms with Crippen molar-refractivity contribution < 1.29 is 22.8 Å². The second kappa shape index (κ2) is 16.8. The Balaban J connectivity index is 1.81. The normalized spacial score (nSPS) is 14.4. The van der Waals surface area contributed by atoms with E-state index in [1.807, 2.05) is 60.6 Å². The lowest BCUT2D eigenvalue weighted by atomic mass is 9.76. The Kier molecular flexibility index (Phi) is 13.6. The Morgan fingerprint density at radius 3 is 1.84 bits per heavy atom. The van der Waals surface area contributed by atoms with Crippen LogP contribution in [0, 0.1) is 18.3 Å². The third kappa shape index (κ3) is 10.9. The van der Waals surface area contributed by atoms with Crippen LogP contribution >= 0.6 is 0 Å². The van der Waals surface area contributed by atoms with Crippen LogP contribution in [0.1, 0.15) is 72.1 Å². The van der Waals surface area contributed by atoms with Crippen LogP contribution in [-0.2, 0) is 35.6 Å². The zero-order valence-electron chi connectivity index (χ0n) is 32.0. The summed E-state index contributed by atoms with van der Waals surface area (Å²) in [6, 6.07) is 23.0. The maximum absolute atomic E-state index is 14.2. The summed E-state index contributed by atoms with van der Waals surface area (Å²) in [6.45, 7) is 17.1. The molecule has 0 saturated carbocycles. The highest BCUT2D eigenvalue weighted by molar-refractivity contribution is 7.89. The molecule has 0 aliphatic carbocycles. The molecule has 0 aliphatic heterocycles. The molecule has 276 valence electrons. The zero-order valence-corrected chi connectivity index (χ0v) is 32.8. The van der Waals surface area contributed by atoms with Crippen LogP contribution in [0.15, 0.2) is 90.5 Å². The molecule has 3 aromatic rings. The molecule has 0 spiro atoms. The summed E-state index contributed by atoms with van der Waals surface area (Å²) in [5.74, 6) is -1.88. The predicted molar refractivity (Wildman–Crippen MR) is 206 cm³/mol. The number of amides is 3. The number of hydrogen-bond acceptors (Lipinski definition) is 6. The first-order chi connectivity index (χ1) is 23.7. The van der Waals surface area contributed by atoms with Crippen molar-refractivity contribution in [2.45, 2.75) is 91.6 Å². The van der Waals surface area contributed by atoms with Gasteiger partial charge in [-0.05, 0) is 54.5 Å². The molecule has 3 N–H and O–H groups in total. The van der Waals surface area contributed by atoms with E-state index in [2.05, 4.69) is 58.7 Å². The van der Waals surface area contributed by atoms with Gasteiger partial charge in [0.2, 0.25) is 21.8 Å². The van der Waals surface area contributed by atoms with Gasteiger partial charge in [-0.2, -0.15) is 0 Å². The number of sulfonamides is 1. The minimum absolute atomic E-state index is 0.134. The lowest BCUT2D eigenvalue weighted by Gasteiger charge is -2.40. The average Bonchev–Trinajstić information content (AvgIpc) is 3.05. The number of likely N-dealkylation sites (N-methyl/N-ethyl adjacent to an activating group) is 2. The van der Waals surface area contributed by atoms with E-state index in [4.69, 9.17) is 0 Å². The van der Waals surface area contributed by atoms with Crippen LogP contribution in [0.5, 0.6) is 0 Å². The second-order valence-corrected chi connectivity index (χ2v) is 17.1. The molecule has 0 saturated heterocycles. The summed E-state index contributed by atoms with van der Waals surface area (Å²) >= 11 is 0. The van der Waals surface area contributed by atoms with E-state index in [1.54, 1.807) is 50.5 Å². The van der Waals surface area contributed by atoms with Crippen LogP contribution in [0.25, 0.3) is 11.1 Å². The molecule has 9 nitrogen and oxygen atoms in total. The maximum Gasteiger partial charge on any atom is 0.260 e. The van der Waals surface area contributed by atoms with Gasteiger partial charge in [-0.25, -0.2) is 13.1 Å². The number of aryl methyl sites for hydroxylation is 1. The van der Waals surface area contributed by atoms with Gasteiger partial charge < -0.3 is 15.5 Å². The summed E-state index contributed by atoms with van der Waals surface area (Å²) < 4.78 is 27.6. The van der Waals surface area contributed by atoms with Crippen molar-refractivity contribution in [3.05, 3.63) is 107 Å². The van der Waals surface area contributed by atoms with Gasteiger partial charge in [0, 0.05) is 18.0 Å².